The van der Waals surface area contributed by atoms with Crippen molar-refractivity contribution in [3.8, 4) is 11.5 Å². The Morgan fingerprint density at radius 3 is 2.42 bits per heavy atom. The number of hydrogen-bond acceptors (Lipinski definition) is 6. The van der Waals surface area contributed by atoms with E-state index >= 15 is 0 Å². The Labute approximate surface area is 225 Å². The van der Waals surface area contributed by atoms with Crippen LogP contribution in [-0.4, -0.2) is 92.6 Å². The van der Waals surface area contributed by atoms with Crippen LogP contribution < -0.4 is 14.8 Å². The molecular weight excluding hydrogens is 480 g/mol. The van der Waals surface area contributed by atoms with Gasteiger partial charge >= 0.3 is 0 Å². The summed E-state index contributed by atoms with van der Waals surface area (Å²) in [5.41, 5.74) is 3.51. The number of hydrogen-bond donors (Lipinski definition) is 1. The molecule has 2 aromatic rings. The van der Waals surface area contributed by atoms with Crippen molar-refractivity contribution >= 4 is 11.8 Å². The predicted octanol–water partition coefficient (Wildman–Crippen LogP) is 3.07. The molecule has 0 spiro atoms. The topological polar surface area (TPSA) is 74.4 Å². The molecule has 38 heavy (non-hydrogen) atoms. The van der Waals surface area contributed by atoms with E-state index in [0.29, 0.717) is 49.8 Å². The number of amides is 2. The summed E-state index contributed by atoms with van der Waals surface area (Å²) < 4.78 is 11.8. The van der Waals surface area contributed by atoms with Crippen LogP contribution in [0.2, 0.25) is 0 Å². The molecule has 1 saturated heterocycles. The molecular formula is C30H40N4O4. The zero-order valence-electron chi connectivity index (χ0n) is 22.9. The highest BCUT2D eigenvalue weighted by atomic mass is 16.5. The molecule has 0 saturated carbocycles. The molecule has 8 nitrogen and oxygen atoms in total. The zero-order chi connectivity index (χ0) is 26.6. The number of ether oxygens (including phenoxy) is 2. The Hall–Kier alpha value is -3.10. The van der Waals surface area contributed by atoms with E-state index in [1.807, 2.05) is 55.1 Å². The first-order chi connectivity index (χ1) is 18.5. The third-order valence-corrected chi connectivity index (χ3v) is 8.01. The van der Waals surface area contributed by atoms with Crippen molar-refractivity contribution in [3.05, 3.63) is 58.7 Å². The van der Waals surface area contributed by atoms with Crippen molar-refractivity contribution in [2.45, 2.75) is 38.6 Å². The molecule has 3 aliphatic heterocycles. The predicted molar refractivity (Wildman–Crippen MR) is 147 cm³/mol. The van der Waals surface area contributed by atoms with Crippen molar-refractivity contribution in [1.29, 1.82) is 0 Å². The maximum Gasteiger partial charge on any atom is 0.254 e. The number of likely N-dealkylation sites (N-methyl/N-ethyl adjacent to an activating group) is 1. The van der Waals surface area contributed by atoms with E-state index in [-0.39, 0.29) is 17.9 Å². The van der Waals surface area contributed by atoms with Gasteiger partial charge in [-0.25, -0.2) is 0 Å². The zero-order valence-corrected chi connectivity index (χ0v) is 22.9. The largest absolute Gasteiger partial charge is 0.490 e. The molecule has 3 aliphatic rings. The van der Waals surface area contributed by atoms with Crippen LogP contribution in [0.3, 0.4) is 0 Å². The second kappa shape index (κ2) is 11.7. The lowest BCUT2D eigenvalue weighted by molar-refractivity contribution is -0.124. The molecule has 2 atom stereocenters. The molecule has 5 rings (SSSR count). The Balaban J connectivity index is 1.42. The van der Waals surface area contributed by atoms with E-state index in [9.17, 15) is 9.59 Å². The van der Waals surface area contributed by atoms with Gasteiger partial charge in [0.05, 0.1) is 25.2 Å². The third-order valence-electron chi connectivity index (χ3n) is 8.01. The van der Waals surface area contributed by atoms with Gasteiger partial charge in [0.2, 0.25) is 5.91 Å². The molecule has 0 radical (unpaired) electrons. The average molecular weight is 521 g/mol. The Morgan fingerprint density at radius 2 is 1.68 bits per heavy atom. The number of piperazine rings is 1. The van der Waals surface area contributed by atoms with Crippen LogP contribution in [-0.2, 0) is 11.2 Å². The number of carbonyl (C=O) groups excluding carboxylic acids is 2. The van der Waals surface area contributed by atoms with Crippen LogP contribution in [0, 0.1) is 0 Å². The standard InChI is InChI=1S/C30H40N4O4/c1-4-37-25-19-21-11-14-34-28(24(21)20-26(25)38-5-2)27(22-9-6-7-10-23(22)30(34)36)29(35)31-12-8-13-33-17-15-32(3)16-18-33/h6-7,9-10,19-20,27-28H,4-5,8,11-18H2,1-3H3,(H,31,35)/t27-,28-/m0/s1. The Morgan fingerprint density at radius 1 is 0.974 bits per heavy atom. The minimum absolute atomic E-state index is 0.0118. The van der Waals surface area contributed by atoms with Gasteiger partial charge < -0.3 is 29.5 Å². The van der Waals surface area contributed by atoms with Gasteiger partial charge in [0.25, 0.3) is 5.91 Å². The van der Waals surface area contributed by atoms with E-state index < -0.39 is 5.92 Å². The maximum absolute atomic E-state index is 13.9. The van der Waals surface area contributed by atoms with Crippen LogP contribution in [0.5, 0.6) is 11.5 Å². The van der Waals surface area contributed by atoms with E-state index in [4.69, 9.17) is 9.47 Å². The summed E-state index contributed by atoms with van der Waals surface area (Å²) in [7, 11) is 2.16. The van der Waals surface area contributed by atoms with Crippen molar-refractivity contribution in [2.24, 2.45) is 0 Å². The minimum Gasteiger partial charge on any atom is -0.490 e. The molecule has 0 unspecified atom stereocenters. The third kappa shape index (κ3) is 5.24. The molecule has 1 N–H and O–H groups in total. The smallest absolute Gasteiger partial charge is 0.254 e. The molecule has 0 bridgehead atoms. The van der Waals surface area contributed by atoms with Crippen molar-refractivity contribution in [2.75, 3.05) is 66.1 Å². The highest BCUT2D eigenvalue weighted by molar-refractivity contribution is 6.01. The summed E-state index contributed by atoms with van der Waals surface area (Å²) in [5.74, 6) is 0.848. The number of nitrogens with zero attached hydrogens (tertiary/aromatic N) is 3. The molecule has 3 heterocycles. The number of carbonyl (C=O) groups is 2. The van der Waals surface area contributed by atoms with Gasteiger partial charge in [0.1, 0.15) is 0 Å². The Kier molecular flexibility index (Phi) is 8.19. The van der Waals surface area contributed by atoms with E-state index in [1.165, 1.54) is 0 Å². The van der Waals surface area contributed by atoms with Gasteiger partial charge in [0, 0.05) is 44.8 Å². The lowest BCUT2D eigenvalue weighted by Gasteiger charge is -2.45. The van der Waals surface area contributed by atoms with Gasteiger partial charge in [-0.15, -0.1) is 0 Å². The lowest BCUT2D eigenvalue weighted by Crippen LogP contribution is -2.50. The van der Waals surface area contributed by atoms with Crippen LogP contribution in [0.15, 0.2) is 36.4 Å². The average Bonchev–Trinajstić information content (AvgIpc) is 2.93. The van der Waals surface area contributed by atoms with Gasteiger partial charge in [-0.1, -0.05) is 18.2 Å². The van der Waals surface area contributed by atoms with Crippen LogP contribution in [0.25, 0.3) is 0 Å². The van der Waals surface area contributed by atoms with Crippen LogP contribution in [0.4, 0.5) is 0 Å². The first-order valence-corrected chi connectivity index (χ1v) is 14.0. The fourth-order valence-corrected chi connectivity index (χ4v) is 6.05. The van der Waals surface area contributed by atoms with Gasteiger partial charge in [-0.3, -0.25) is 9.59 Å². The number of rotatable bonds is 9. The summed E-state index contributed by atoms with van der Waals surface area (Å²) in [4.78, 5) is 34.2. The first kappa shape index (κ1) is 26.5. The Bertz CT molecular complexity index is 1160. The van der Waals surface area contributed by atoms with Crippen molar-refractivity contribution in [1.82, 2.24) is 20.0 Å². The van der Waals surface area contributed by atoms with E-state index in [0.717, 1.165) is 55.8 Å². The summed E-state index contributed by atoms with van der Waals surface area (Å²) in [6.07, 6.45) is 1.62. The normalized spacial score (nSPS) is 21.3. The summed E-state index contributed by atoms with van der Waals surface area (Å²) in [6, 6.07) is 11.2. The van der Waals surface area contributed by atoms with Gasteiger partial charge in [-0.05, 0) is 75.2 Å². The second-order valence-corrected chi connectivity index (χ2v) is 10.4. The lowest BCUT2D eigenvalue weighted by atomic mass is 9.75. The quantitative estimate of drug-likeness (QED) is 0.513. The highest BCUT2D eigenvalue weighted by Crippen LogP contribution is 2.48. The second-order valence-electron chi connectivity index (χ2n) is 10.4. The fourth-order valence-electron chi connectivity index (χ4n) is 6.05. The monoisotopic (exact) mass is 520 g/mol. The minimum atomic E-state index is -0.487. The number of benzene rings is 2. The highest BCUT2D eigenvalue weighted by Gasteiger charge is 2.46. The number of nitrogens with one attached hydrogen (secondary N) is 1. The van der Waals surface area contributed by atoms with Crippen molar-refractivity contribution in [3.63, 3.8) is 0 Å². The molecule has 2 aromatic carbocycles. The molecule has 1 fully saturated rings. The molecule has 0 aromatic heterocycles. The molecule has 8 heteroatoms. The van der Waals surface area contributed by atoms with Crippen LogP contribution in [0.1, 0.15) is 59.3 Å². The summed E-state index contributed by atoms with van der Waals surface area (Å²) >= 11 is 0. The SMILES string of the molecule is CCOc1cc2c(cc1OCC)[C@H]1[C@@H](C(=O)NCCCN3CCN(C)CC3)c3ccccc3C(=O)N1CC2. The molecule has 0 aliphatic carbocycles. The molecule has 2 amide bonds. The van der Waals surface area contributed by atoms with E-state index in [1.54, 1.807) is 0 Å². The fraction of sp³-hybridized carbons (Fsp3) is 0.533. The van der Waals surface area contributed by atoms with Gasteiger partial charge in [-0.2, -0.15) is 0 Å². The molecule has 204 valence electrons. The van der Waals surface area contributed by atoms with Crippen LogP contribution >= 0.6 is 0 Å². The number of fused-ring (bicyclic) bond motifs is 4. The summed E-state index contributed by atoms with van der Waals surface area (Å²) in [6.45, 7) is 11.4. The van der Waals surface area contributed by atoms with Gasteiger partial charge in [0.15, 0.2) is 11.5 Å². The van der Waals surface area contributed by atoms with Crippen molar-refractivity contribution < 1.29 is 19.1 Å². The van der Waals surface area contributed by atoms with E-state index in [2.05, 4.69) is 22.2 Å². The maximum atomic E-state index is 13.9. The summed E-state index contributed by atoms with van der Waals surface area (Å²) in [5, 5.41) is 3.22. The first-order valence-electron chi connectivity index (χ1n) is 14.0.